The normalized spacial score (nSPS) is 14.6. The summed E-state index contributed by atoms with van der Waals surface area (Å²) >= 11 is 0. The van der Waals surface area contributed by atoms with Gasteiger partial charge in [-0.3, -0.25) is 4.18 Å². The van der Waals surface area contributed by atoms with Gasteiger partial charge in [0.05, 0.1) is 6.61 Å². The van der Waals surface area contributed by atoms with E-state index >= 15 is 0 Å². The molecule has 4 nitrogen and oxygen atoms in total. The molecular formula is C5H11NO3S. The zero-order chi connectivity index (χ0) is 8.20. The van der Waals surface area contributed by atoms with Gasteiger partial charge < -0.3 is 0 Å². The molecule has 0 aliphatic heterocycles. The summed E-state index contributed by atoms with van der Waals surface area (Å²) in [5, 5.41) is 4.55. The van der Waals surface area contributed by atoms with Crippen molar-refractivity contribution in [2.75, 3.05) is 6.61 Å². The summed E-state index contributed by atoms with van der Waals surface area (Å²) in [6.45, 7) is 5.28. The van der Waals surface area contributed by atoms with Crippen LogP contribution in [0, 0.1) is 5.92 Å². The first-order valence-corrected chi connectivity index (χ1v) is 4.22. The third-order valence-electron chi connectivity index (χ3n) is 0.898. The highest BCUT2D eigenvalue weighted by Crippen LogP contribution is 1.97. The summed E-state index contributed by atoms with van der Waals surface area (Å²) in [7, 11) is -3.78. The predicted octanol–water partition coefficient (Wildman–Crippen LogP) is 0.0286. The molecule has 2 N–H and O–H groups in total. The van der Waals surface area contributed by atoms with Gasteiger partial charge in [0.2, 0.25) is 0 Å². The highest BCUT2D eigenvalue weighted by atomic mass is 32.2. The van der Waals surface area contributed by atoms with E-state index in [2.05, 4.69) is 15.9 Å². The van der Waals surface area contributed by atoms with Crippen LogP contribution in [0.2, 0.25) is 0 Å². The molecule has 5 heteroatoms. The van der Waals surface area contributed by atoms with Gasteiger partial charge in [-0.1, -0.05) is 13.0 Å². The Morgan fingerprint density at radius 3 is 2.60 bits per heavy atom. The third kappa shape index (κ3) is 5.74. The summed E-state index contributed by atoms with van der Waals surface area (Å²) in [6, 6.07) is 0. The quantitative estimate of drug-likeness (QED) is 0.597. The highest BCUT2D eigenvalue weighted by molar-refractivity contribution is 7.84. The van der Waals surface area contributed by atoms with Gasteiger partial charge in [0.1, 0.15) is 0 Å². The molecule has 0 fully saturated rings. The molecule has 0 amide bonds. The maximum absolute atomic E-state index is 10.2. The minimum atomic E-state index is -3.78. The van der Waals surface area contributed by atoms with Crippen LogP contribution < -0.4 is 5.14 Å². The first-order valence-electron chi connectivity index (χ1n) is 2.75. The Hall–Kier alpha value is -0.390. The van der Waals surface area contributed by atoms with Crippen LogP contribution in [-0.2, 0) is 14.5 Å². The molecule has 0 radical (unpaired) electrons. The maximum Gasteiger partial charge on any atom is 0.333 e. The fourth-order valence-electron chi connectivity index (χ4n) is 0.270. The Labute approximate surface area is 60.9 Å². The summed E-state index contributed by atoms with van der Waals surface area (Å²) in [5.41, 5.74) is 0. The molecule has 0 aliphatic rings. The van der Waals surface area contributed by atoms with E-state index in [0.717, 1.165) is 0 Å². The van der Waals surface area contributed by atoms with Crippen LogP contribution in [0.4, 0.5) is 0 Å². The summed E-state index contributed by atoms with van der Waals surface area (Å²) in [6.07, 6.45) is 1.59. The smallest absolute Gasteiger partial charge is 0.258 e. The Kier molecular flexibility index (Phi) is 3.55. The van der Waals surface area contributed by atoms with E-state index in [1.807, 2.05) is 0 Å². The fourth-order valence-corrected chi connectivity index (χ4v) is 0.675. The SMILES string of the molecule is C=CC(C)COS(N)(=O)=O. The van der Waals surface area contributed by atoms with Crippen LogP contribution in [-0.4, -0.2) is 15.0 Å². The van der Waals surface area contributed by atoms with E-state index in [1.54, 1.807) is 13.0 Å². The van der Waals surface area contributed by atoms with Crippen LogP contribution >= 0.6 is 0 Å². The van der Waals surface area contributed by atoms with Crippen molar-refractivity contribution in [1.82, 2.24) is 0 Å². The molecule has 0 spiro atoms. The first-order chi connectivity index (χ1) is 4.45. The maximum atomic E-state index is 10.2. The van der Waals surface area contributed by atoms with Crippen molar-refractivity contribution in [2.24, 2.45) is 11.1 Å². The molecule has 0 aromatic heterocycles. The van der Waals surface area contributed by atoms with Crippen molar-refractivity contribution in [3.8, 4) is 0 Å². The van der Waals surface area contributed by atoms with Crippen LogP contribution in [0.1, 0.15) is 6.92 Å². The molecule has 1 unspecified atom stereocenters. The van der Waals surface area contributed by atoms with Gasteiger partial charge in [-0.2, -0.15) is 8.42 Å². The first kappa shape index (κ1) is 9.61. The fraction of sp³-hybridized carbons (Fsp3) is 0.600. The Bertz CT molecular complexity index is 197. The monoisotopic (exact) mass is 165 g/mol. The zero-order valence-electron chi connectivity index (χ0n) is 5.78. The van der Waals surface area contributed by atoms with E-state index in [-0.39, 0.29) is 12.5 Å². The number of rotatable bonds is 4. The van der Waals surface area contributed by atoms with Crippen molar-refractivity contribution in [3.05, 3.63) is 12.7 Å². The minimum Gasteiger partial charge on any atom is -0.258 e. The number of hydrogen-bond donors (Lipinski definition) is 1. The van der Waals surface area contributed by atoms with Crippen molar-refractivity contribution < 1.29 is 12.6 Å². The van der Waals surface area contributed by atoms with Crippen LogP contribution in [0.15, 0.2) is 12.7 Å². The molecular weight excluding hydrogens is 154 g/mol. The van der Waals surface area contributed by atoms with E-state index in [9.17, 15) is 8.42 Å². The van der Waals surface area contributed by atoms with Gasteiger partial charge in [-0.05, 0) is 5.92 Å². The minimum absolute atomic E-state index is 0.00155. The second-order valence-corrected chi connectivity index (χ2v) is 3.21. The van der Waals surface area contributed by atoms with E-state index in [1.165, 1.54) is 0 Å². The molecule has 0 aromatic carbocycles. The molecule has 0 heterocycles. The van der Waals surface area contributed by atoms with Gasteiger partial charge in [0, 0.05) is 0 Å². The van der Waals surface area contributed by atoms with Crippen molar-refractivity contribution in [3.63, 3.8) is 0 Å². The van der Waals surface area contributed by atoms with Crippen molar-refractivity contribution >= 4 is 10.3 Å². The summed E-state index contributed by atoms with van der Waals surface area (Å²) < 4.78 is 24.6. The van der Waals surface area contributed by atoms with Gasteiger partial charge in [0.25, 0.3) is 0 Å². The average Bonchev–Trinajstić information content (AvgIpc) is 1.81. The largest absolute Gasteiger partial charge is 0.333 e. The Morgan fingerprint density at radius 1 is 1.80 bits per heavy atom. The standard InChI is InChI=1S/C5H11NO3S/c1-3-5(2)4-9-10(6,7)8/h3,5H,1,4H2,2H3,(H2,6,7,8). The van der Waals surface area contributed by atoms with Gasteiger partial charge in [-0.25, -0.2) is 5.14 Å². The second kappa shape index (κ2) is 3.70. The predicted molar refractivity (Wildman–Crippen MR) is 38.4 cm³/mol. The summed E-state index contributed by atoms with van der Waals surface area (Å²) in [5.74, 6) is -0.00155. The zero-order valence-corrected chi connectivity index (χ0v) is 6.60. The van der Waals surface area contributed by atoms with Crippen LogP contribution in [0.5, 0.6) is 0 Å². The number of hydrogen-bond acceptors (Lipinski definition) is 3. The third-order valence-corrected chi connectivity index (χ3v) is 1.36. The molecule has 0 aliphatic carbocycles. The number of nitrogens with two attached hydrogens (primary N) is 1. The van der Waals surface area contributed by atoms with Crippen molar-refractivity contribution in [1.29, 1.82) is 0 Å². The van der Waals surface area contributed by atoms with Gasteiger partial charge >= 0.3 is 10.3 Å². The van der Waals surface area contributed by atoms with Crippen LogP contribution in [0.3, 0.4) is 0 Å². The lowest BCUT2D eigenvalue weighted by Gasteiger charge is -2.03. The summed E-state index contributed by atoms with van der Waals surface area (Å²) in [4.78, 5) is 0. The Morgan fingerprint density at radius 2 is 2.30 bits per heavy atom. The van der Waals surface area contributed by atoms with Crippen molar-refractivity contribution in [2.45, 2.75) is 6.92 Å². The molecule has 60 valence electrons. The lowest BCUT2D eigenvalue weighted by Crippen LogP contribution is -2.18. The van der Waals surface area contributed by atoms with Gasteiger partial charge in [0.15, 0.2) is 0 Å². The second-order valence-electron chi connectivity index (χ2n) is 1.99. The molecule has 0 saturated carbocycles. The highest BCUT2D eigenvalue weighted by Gasteiger charge is 2.03. The topological polar surface area (TPSA) is 69.4 Å². The lowest BCUT2D eigenvalue weighted by atomic mass is 10.2. The van der Waals surface area contributed by atoms with Crippen LogP contribution in [0.25, 0.3) is 0 Å². The molecule has 10 heavy (non-hydrogen) atoms. The molecule has 0 aromatic rings. The lowest BCUT2D eigenvalue weighted by molar-refractivity contribution is 0.289. The molecule has 0 saturated heterocycles. The molecule has 0 rings (SSSR count). The van der Waals surface area contributed by atoms with Gasteiger partial charge in [-0.15, -0.1) is 6.58 Å². The molecule has 0 bridgehead atoms. The van der Waals surface area contributed by atoms with E-state index in [0.29, 0.717) is 0 Å². The van der Waals surface area contributed by atoms with E-state index in [4.69, 9.17) is 0 Å². The average molecular weight is 165 g/mol. The Balaban J connectivity index is 3.66. The van der Waals surface area contributed by atoms with E-state index < -0.39 is 10.3 Å². The molecule has 1 atom stereocenters.